The van der Waals surface area contributed by atoms with Crippen molar-refractivity contribution in [1.29, 1.82) is 0 Å². The molecule has 2 rings (SSSR count). The third-order valence-electron chi connectivity index (χ3n) is 3.47. The first kappa shape index (κ1) is 17.3. The lowest BCUT2D eigenvalue weighted by Gasteiger charge is -2.21. The van der Waals surface area contributed by atoms with Crippen LogP contribution in [0.2, 0.25) is 5.02 Å². The van der Waals surface area contributed by atoms with Crippen molar-refractivity contribution in [3.8, 4) is 0 Å². The smallest absolute Gasteiger partial charge is 0.232 e. The number of carbonyl (C=O) groups excluding carboxylic acids is 1. The molecule has 0 aliphatic heterocycles. The van der Waals surface area contributed by atoms with Gasteiger partial charge >= 0.3 is 0 Å². The van der Waals surface area contributed by atoms with E-state index >= 15 is 0 Å². The molecule has 1 N–H and O–H groups in total. The lowest BCUT2D eigenvalue weighted by Crippen LogP contribution is -2.25. The summed E-state index contributed by atoms with van der Waals surface area (Å²) in [6.45, 7) is 3.67. The van der Waals surface area contributed by atoms with Gasteiger partial charge in [-0.1, -0.05) is 37.6 Å². The predicted octanol–water partition coefficient (Wildman–Crippen LogP) is 5.14. The zero-order chi connectivity index (χ0) is 17.1. The fraction of sp³-hybridized carbons (Fsp3) is 0.235. The van der Waals surface area contributed by atoms with Crippen LogP contribution in [0.1, 0.15) is 25.3 Å². The van der Waals surface area contributed by atoms with E-state index in [0.717, 1.165) is 12.1 Å². The Morgan fingerprint density at radius 2 is 1.61 bits per heavy atom. The van der Waals surface area contributed by atoms with Gasteiger partial charge in [-0.15, -0.1) is 0 Å². The highest BCUT2D eigenvalue weighted by molar-refractivity contribution is 6.30. The minimum Gasteiger partial charge on any atom is -0.323 e. The van der Waals surface area contributed by atoms with Crippen molar-refractivity contribution < 1.29 is 18.0 Å². The Labute approximate surface area is 137 Å². The van der Waals surface area contributed by atoms with Crippen LogP contribution in [0.15, 0.2) is 36.4 Å². The fourth-order valence-corrected chi connectivity index (χ4v) is 2.47. The molecule has 6 heteroatoms. The largest absolute Gasteiger partial charge is 0.323 e. The van der Waals surface area contributed by atoms with E-state index in [1.165, 1.54) is 0 Å². The monoisotopic (exact) mass is 341 g/mol. The summed E-state index contributed by atoms with van der Waals surface area (Å²) in [6, 6.07) is 8.46. The molecule has 0 saturated heterocycles. The molecule has 1 unspecified atom stereocenters. The first-order valence-corrected chi connectivity index (χ1v) is 7.39. The number of amides is 1. The van der Waals surface area contributed by atoms with Crippen molar-refractivity contribution in [3.63, 3.8) is 0 Å². The molecular formula is C17H15ClF3NO. The van der Waals surface area contributed by atoms with Gasteiger partial charge in [0, 0.05) is 5.02 Å². The molecule has 1 atom stereocenters. The standard InChI is InChI=1S/C17H15ClF3NO/c1-9(2)14(10-3-5-11(18)6-4-10)17(23)22-13-8-7-12(19)15(20)16(13)21/h3-9,14H,1-2H3,(H,22,23). The van der Waals surface area contributed by atoms with Crippen LogP contribution in [0.25, 0.3) is 0 Å². The summed E-state index contributed by atoms with van der Waals surface area (Å²) in [5.41, 5.74) is 0.304. The summed E-state index contributed by atoms with van der Waals surface area (Å²) in [5.74, 6) is -5.53. The molecule has 0 heterocycles. The Bertz CT molecular complexity index is 717. The van der Waals surface area contributed by atoms with Gasteiger partial charge in [-0.05, 0) is 35.7 Å². The van der Waals surface area contributed by atoms with Crippen LogP contribution >= 0.6 is 11.6 Å². The fourth-order valence-electron chi connectivity index (χ4n) is 2.34. The van der Waals surface area contributed by atoms with Gasteiger partial charge in [0.25, 0.3) is 0 Å². The Hall–Kier alpha value is -2.01. The van der Waals surface area contributed by atoms with Gasteiger partial charge in [0.1, 0.15) is 0 Å². The molecule has 1 amide bonds. The Kier molecular flexibility index (Phi) is 5.31. The van der Waals surface area contributed by atoms with Gasteiger partial charge in [-0.3, -0.25) is 4.79 Å². The molecule has 0 aliphatic carbocycles. The van der Waals surface area contributed by atoms with Crippen LogP contribution in [-0.4, -0.2) is 5.91 Å². The van der Waals surface area contributed by atoms with Crippen LogP contribution < -0.4 is 5.32 Å². The summed E-state index contributed by atoms with van der Waals surface area (Å²) in [5, 5.41) is 2.85. The minimum absolute atomic E-state index is 0.0930. The molecule has 2 aromatic carbocycles. The summed E-state index contributed by atoms with van der Waals surface area (Å²) >= 11 is 5.83. The van der Waals surface area contributed by atoms with E-state index in [0.29, 0.717) is 10.6 Å². The van der Waals surface area contributed by atoms with Gasteiger partial charge in [0.2, 0.25) is 5.91 Å². The SMILES string of the molecule is CC(C)C(C(=O)Nc1ccc(F)c(F)c1F)c1ccc(Cl)cc1. The van der Waals surface area contributed by atoms with Crippen LogP contribution in [0, 0.1) is 23.4 Å². The average Bonchev–Trinajstić information content (AvgIpc) is 2.50. The van der Waals surface area contributed by atoms with E-state index in [2.05, 4.69) is 5.32 Å². The normalized spacial score (nSPS) is 12.3. The van der Waals surface area contributed by atoms with Crippen molar-refractivity contribution in [2.45, 2.75) is 19.8 Å². The lowest BCUT2D eigenvalue weighted by molar-refractivity contribution is -0.118. The topological polar surface area (TPSA) is 29.1 Å². The Morgan fingerprint density at radius 1 is 1.00 bits per heavy atom. The van der Waals surface area contributed by atoms with Crippen molar-refractivity contribution in [1.82, 2.24) is 0 Å². The molecule has 122 valence electrons. The number of anilines is 1. The maximum Gasteiger partial charge on any atom is 0.232 e. The third kappa shape index (κ3) is 3.85. The van der Waals surface area contributed by atoms with Gasteiger partial charge in [-0.25, -0.2) is 13.2 Å². The second kappa shape index (κ2) is 7.04. The number of hydrogen-bond donors (Lipinski definition) is 1. The maximum atomic E-state index is 13.7. The van der Waals surface area contributed by atoms with Crippen molar-refractivity contribution in [2.75, 3.05) is 5.32 Å². The first-order chi connectivity index (χ1) is 10.8. The third-order valence-corrected chi connectivity index (χ3v) is 3.72. The second-order valence-corrected chi connectivity index (χ2v) is 5.92. The summed E-state index contributed by atoms with van der Waals surface area (Å²) in [7, 11) is 0. The van der Waals surface area contributed by atoms with E-state index in [9.17, 15) is 18.0 Å². The van der Waals surface area contributed by atoms with Crippen molar-refractivity contribution >= 4 is 23.2 Å². The van der Waals surface area contributed by atoms with Gasteiger partial charge in [-0.2, -0.15) is 0 Å². The number of hydrogen-bond acceptors (Lipinski definition) is 1. The van der Waals surface area contributed by atoms with E-state index in [1.807, 2.05) is 13.8 Å². The first-order valence-electron chi connectivity index (χ1n) is 7.01. The molecule has 0 saturated carbocycles. The summed E-state index contributed by atoms with van der Waals surface area (Å²) in [4.78, 5) is 12.5. The van der Waals surface area contributed by atoms with E-state index in [4.69, 9.17) is 11.6 Å². The van der Waals surface area contributed by atoms with E-state index < -0.39 is 35.0 Å². The Morgan fingerprint density at radius 3 is 2.17 bits per heavy atom. The molecule has 0 fully saturated rings. The zero-order valence-electron chi connectivity index (χ0n) is 12.5. The predicted molar refractivity (Wildman–Crippen MR) is 84.0 cm³/mol. The number of benzene rings is 2. The van der Waals surface area contributed by atoms with Crippen molar-refractivity contribution in [3.05, 3.63) is 64.4 Å². The van der Waals surface area contributed by atoms with Gasteiger partial charge in [0.05, 0.1) is 11.6 Å². The van der Waals surface area contributed by atoms with E-state index in [-0.39, 0.29) is 5.92 Å². The number of carbonyl (C=O) groups is 1. The quantitative estimate of drug-likeness (QED) is 0.767. The van der Waals surface area contributed by atoms with Gasteiger partial charge < -0.3 is 5.32 Å². The van der Waals surface area contributed by atoms with Crippen molar-refractivity contribution in [2.24, 2.45) is 5.92 Å². The molecule has 0 aromatic heterocycles. The molecule has 2 nitrogen and oxygen atoms in total. The van der Waals surface area contributed by atoms with Crippen LogP contribution in [0.3, 0.4) is 0 Å². The number of halogens is 4. The van der Waals surface area contributed by atoms with E-state index in [1.54, 1.807) is 24.3 Å². The Balaban J connectivity index is 2.29. The average molecular weight is 342 g/mol. The molecule has 0 spiro atoms. The number of nitrogens with one attached hydrogen (secondary N) is 1. The van der Waals surface area contributed by atoms with Gasteiger partial charge in [0.15, 0.2) is 17.5 Å². The molecular weight excluding hydrogens is 327 g/mol. The van der Waals surface area contributed by atoms with Crippen LogP contribution in [0.4, 0.5) is 18.9 Å². The molecule has 0 bridgehead atoms. The highest BCUT2D eigenvalue weighted by atomic mass is 35.5. The molecule has 0 aliphatic rings. The van der Waals surface area contributed by atoms with Crippen LogP contribution in [-0.2, 0) is 4.79 Å². The molecule has 23 heavy (non-hydrogen) atoms. The molecule has 2 aromatic rings. The number of rotatable bonds is 4. The highest BCUT2D eigenvalue weighted by Gasteiger charge is 2.26. The second-order valence-electron chi connectivity index (χ2n) is 5.49. The highest BCUT2D eigenvalue weighted by Crippen LogP contribution is 2.28. The zero-order valence-corrected chi connectivity index (χ0v) is 13.3. The lowest BCUT2D eigenvalue weighted by atomic mass is 9.87. The summed E-state index contributed by atoms with van der Waals surface area (Å²) < 4.78 is 39.9. The molecule has 0 radical (unpaired) electrons. The van der Waals surface area contributed by atoms with Crippen LogP contribution in [0.5, 0.6) is 0 Å². The summed E-state index contributed by atoms with van der Waals surface area (Å²) in [6.07, 6.45) is 0. The maximum absolute atomic E-state index is 13.7. The minimum atomic E-state index is -1.62.